The summed E-state index contributed by atoms with van der Waals surface area (Å²) in [5.41, 5.74) is 1.68. The third kappa shape index (κ3) is 3.65. The molecule has 2 fully saturated rings. The van der Waals surface area contributed by atoms with Gasteiger partial charge in [0.15, 0.2) is 0 Å². The van der Waals surface area contributed by atoms with Gasteiger partial charge in [0.05, 0.1) is 18.6 Å². The Labute approximate surface area is 185 Å². The van der Waals surface area contributed by atoms with E-state index in [1.54, 1.807) is 29.2 Å². The number of amides is 2. The third-order valence-electron chi connectivity index (χ3n) is 7.00. The molecule has 3 aliphatic rings. The molecule has 7 nitrogen and oxygen atoms in total. The fourth-order valence-electron chi connectivity index (χ4n) is 5.51. The first-order chi connectivity index (χ1) is 15.0. The minimum atomic E-state index is -0.483. The van der Waals surface area contributed by atoms with Crippen LogP contribution in [0.5, 0.6) is 0 Å². The van der Waals surface area contributed by atoms with Crippen molar-refractivity contribution in [3.8, 4) is 0 Å². The third-order valence-corrected chi connectivity index (χ3v) is 7.24. The van der Waals surface area contributed by atoms with Gasteiger partial charge in [-0.1, -0.05) is 30.5 Å². The molecule has 1 aromatic heterocycles. The molecule has 3 heterocycles. The van der Waals surface area contributed by atoms with E-state index in [0.717, 1.165) is 25.7 Å². The van der Waals surface area contributed by atoms with Crippen LogP contribution in [-0.4, -0.2) is 50.2 Å². The van der Waals surface area contributed by atoms with Crippen molar-refractivity contribution >= 4 is 23.4 Å². The number of hydrogen-bond donors (Lipinski definition) is 1. The van der Waals surface area contributed by atoms with Crippen molar-refractivity contribution in [1.82, 2.24) is 19.8 Å². The predicted molar refractivity (Wildman–Crippen MR) is 116 cm³/mol. The second-order valence-corrected chi connectivity index (χ2v) is 9.19. The Bertz CT molecular complexity index is 1080. The molecule has 1 saturated carbocycles. The maximum atomic E-state index is 13.6. The molecular weight excluding hydrogens is 416 g/mol. The van der Waals surface area contributed by atoms with Crippen LogP contribution in [-0.2, 0) is 17.8 Å². The number of rotatable bonds is 2. The van der Waals surface area contributed by atoms with Crippen LogP contribution in [0.1, 0.15) is 53.7 Å². The van der Waals surface area contributed by atoms with Crippen LogP contribution in [0.4, 0.5) is 0 Å². The van der Waals surface area contributed by atoms with Gasteiger partial charge in [0.25, 0.3) is 11.5 Å². The minimum absolute atomic E-state index is 0.0440. The highest BCUT2D eigenvalue weighted by atomic mass is 35.5. The normalized spacial score (nSPS) is 25.1. The van der Waals surface area contributed by atoms with E-state index in [2.05, 4.69) is 9.97 Å². The van der Waals surface area contributed by atoms with Crippen molar-refractivity contribution in [3.05, 3.63) is 62.8 Å². The van der Waals surface area contributed by atoms with Gasteiger partial charge in [0, 0.05) is 28.7 Å². The second-order valence-electron chi connectivity index (χ2n) is 8.75. The molecule has 8 heteroatoms. The lowest BCUT2D eigenvalue weighted by molar-refractivity contribution is -0.136. The van der Waals surface area contributed by atoms with Crippen LogP contribution in [0.25, 0.3) is 0 Å². The average Bonchev–Trinajstić information content (AvgIpc) is 3.17. The van der Waals surface area contributed by atoms with Crippen LogP contribution < -0.4 is 5.56 Å². The molecule has 31 heavy (non-hydrogen) atoms. The van der Waals surface area contributed by atoms with Gasteiger partial charge in [-0.15, -0.1) is 0 Å². The number of hydrogen-bond acceptors (Lipinski definition) is 4. The summed E-state index contributed by atoms with van der Waals surface area (Å²) in [4.78, 5) is 49.7. The molecule has 3 atom stereocenters. The Morgan fingerprint density at radius 2 is 2.03 bits per heavy atom. The van der Waals surface area contributed by atoms with Gasteiger partial charge in [0.2, 0.25) is 5.91 Å². The van der Waals surface area contributed by atoms with Crippen LogP contribution in [0.2, 0.25) is 5.02 Å². The van der Waals surface area contributed by atoms with Crippen molar-refractivity contribution in [3.63, 3.8) is 0 Å². The highest BCUT2D eigenvalue weighted by Crippen LogP contribution is 2.41. The van der Waals surface area contributed by atoms with E-state index >= 15 is 0 Å². The number of aromatic amines is 1. The summed E-state index contributed by atoms with van der Waals surface area (Å²) in [6, 6.07) is 6.56. The fraction of sp³-hybridized carbons (Fsp3) is 0.478. The quantitative estimate of drug-likeness (QED) is 0.778. The smallest absolute Gasteiger partial charge is 0.254 e. The molecule has 1 N–H and O–H groups in total. The van der Waals surface area contributed by atoms with Crippen LogP contribution in [0.3, 0.4) is 0 Å². The zero-order chi connectivity index (χ0) is 21.5. The summed E-state index contributed by atoms with van der Waals surface area (Å²) in [6.45, 7) is 0.773. The van der Waals surface area contributed by atoms with Gasteiger partial charge < -0.3 is 14.8 Å². The molecule has 0 radical (unpaired) electrons. The molecule has 2 amide bonds. The van der Waals surface area contributed by atoms with E-state index in [0.29, 0.717) is 53.7 Å². The number of carbonyl (C=O) groups is 2. The number of fused-ring (bicyclic) bond motifs is 2. The maximum absolute atomic E-state index is 13.6. The number of halogens is 1. The molecule has 1 aliphatic carbocycles. The van der Waals surface area contributed by atoms with E-state index in [9.17, 15) is 14.4 Å². The van der Waals surface area contributed by atoms with Gasteiger partial charge in [-0.2, -0.15) is 0 Å². The van der Waals surface area contributed by atoms with Crippen molar-refractivity contribution in [2.45, 2.75) is 57.2 Å². The van der Waals surface area contributed by atoms with Gasteiger partial charge in [-0.25, -0.2) is 4.98 Å². The number of carbonyl (C=O) groups excluding carboxylic acids is 2. The van der Waals surface area contributed by atoms with E-state index in [4.69, 9.17) is 11.6 Å². The monoisotopic (exact) mass is 440 g/mol. The first kappa shape index (κ1) is 20.2. The highest BCUT2D eigenvalue weighted by Gasteiger charge is 2.48. The molecule has 2 aromatic rings. The molecule has 0 spiro atoms. The Morgan fingerprint density at radius 1 is 1.19 bits per heavy atom. The first-order valence-corrected chi connectivity index (χ1v) is 11.3. The second kappa shape index (κ2) is 8.11. The summed E-state index contributed by atoms with van der Waals surface area (Å²) in [5.74, 6) is 0.184. The lowest BCUT2D eigenvalue weighted by atomic mass is 9.84. The molecule has 0 unspecified atom stereocenters. The van der Waals surface area contributed by atoms with Crippen molar-refractivity contribution in [1.29, 1.82) is 0 Å². The topological polar surface area (TPSA) is 86.4 Å². The van der Waals surface area contributed by atoms with Gasteiger partial charge in [0.1, 0.15) is 6.04 Å². The number of aromatic nitrogens is 2. The van der Waals surface area contributed by atoms with Gasteiger partial charge in [-0.05, 0) is 49.8 Å². The fourth-order valence-corrected chi connectivity index (χ4v) is 5.70. The lowest BCUT2D eigenvalue weighted by Crippen LogP contribution is -2.52. The maximum Gasteiger partial charge on any atom is 0.254 e. The molecule has 5 rings (SSSR count). The Hall–Kier alpha value is -2.67. The van der Waals surface area contributed by atoms with Gasteiger partial charge in [-0.3, -0.25) is 14.4 Å². The standard InChI is InChI=1S/C23H25ClN4O3/c24-16-6-3-5-15(10-16)22(30)28-19-7-2-1-4-14(19)11-20(28)23(31)27-9-8-17-18(12-27)25-13-26-21(17)29/h3,5-6,10,13-14,19-20H,1-2,4,7-9,11-12H2,(H,25,26,29)/t14-,19-,20-/m0/s1. The zero-order valence-corrected chi connectivity index (χ0v) is 18.0. The number of H-pyrrole nitrogens is 1. The summed E-state index contributed by atoms with van der Waals surface area (Å²) in [6.07, 6.45) is 6.76. The molecule has 162 valence electrons. The summed E-state index contributed by atoms with van der Waals surface area (Å²) in [7, 11) is 0. The Morgan fingerprint density at radius 3 is 2.87 bits per heavy atom. The molecule has 1 saturated heterocycles. The Balaban J connectivity index is 1.44. The van der Waals surface area contributed by atoms with E-state index in [1.165, 1.54) is 6.33 Å². The van der Waals surface area contributed by atoms with E-state index in [1.807, 2.05) is 4.90 Å². The Kier molecular flexibility index (Phi) is 5.30. The average molecular weight is 441 g/mol. The highest BCUT2D eigenvalue weighted by molar-refractivity contribution is 6.31. The number of benzene rings is 1. The van der Waals surface area contributed by atoms with Crippen molar-refractivity contribution in [2.75, 3.05) is 6.54 Å². The molecule has 1 aromatic carbocycles. The largest absolute Gasteiger partial charge is 0.335 e. The number of likely N-dealkylation sites (tertiary alicyclic amines) is 1. The first-order valence-electron chi connectivity index (χ1n) is 11.0. The van der Waals surface area contributed by atoms with Crippen LogP contribution >= 0.6 is 11.6 Å². The predicted octanol–water partition coefficient (Wildman–Crippen LogP) is 2.78. The number of nitrogens with one attached hydrogen (secondary N) is 1. The lowest BCUT2D eigenvalue weighted by Gasteiger charge is -2.36. The summed E-state index contributed by atoms with van der Waals surface area (Å²) in [5, 5.41) is 0.511. The SMILES string of the molecule is O=C([C@@H]1C[C@@H]2CCCC[C@@H]2N1C(=O)c1cccc(Cl)c1)N1CCc2c(nc[nH]c2=O)C1. The zero-order valence-electron chi connectivity index (χ0n) is 17.2. The van der Waals surface area contributed by atoms with Crippen LogP contribution in [0.15, 0.2) is 35.4 Å². The summed E-state index contributed by atoms with van der Waals surface area (Å²) >= 11 is 6.13. The van der Waals surface area contributed by atoms with Crippen LogP contribution in [0, 0.1) is 5.92 Å². The molecule has 0 bridgehead atoms. The number of nitrogens with zero attached hydrogens (tertiary/aromatic N) is 3. The minimum Gasteiger partial charge on any atom is -0.335 e. The van der Waals surface area contributed by atoms with Gasteiger partial charge >= 0.3 is 0 Å². The molecule has 2 aliphatic heterocycles. The van der Waals surface area contributed by atoms with Crippen molar-refractivity contribution in [2.24, 2.45) is 5.92 Å². The van der Waals surface area contributed by atoms with E-state index < -0.39 is 6.04 Å². The van der Waals surface area contributed by atoms with Crippen molar-refractivity contribution < 1.29 is 9.59 Å². The van der Waals surface area contributed by atoms with E-state index in [-0.39, 0.29) is 23.4 Å². The summed E-state index contributed by atoms with van der Waals surface area (Å²) < 4.78 is 0. The molecular formula is C23H25ClN4O3.